The van der Waals surface area contributed by atoms with E-state index in [1.54, 1.807) is 30.3 Å². The third-order valence-corrected chi connectivity index (χ3v) is 4.19. The van der Waals surface area contributed by atoms with E-state index in [9.17, 15) is 9.59 Å². The summed E-state index contributed by atoms with van der Waals surface area (Å²) >= 11 is 0. The number of aryl methyl sites for hydroxylation is 1. The molecule has 2 aromatic carbocycles. The summed E-state index contributed by atoms with van der Waals surface area (Å²) in [6.07, 6.45) is 3.45. The first-order valence-corrected chi connectivity index (χ1v) is 9.02. The fraction of sp³-hybridized carbons (Fsp3) is 0.182. The molecule has 0 fully saturated rings. The van der Waals surface area contributed by atoms with Crippen LogP contribution in [0.4, 0.5) is 11.4 Å². The Morgan fingerprint density at radius 1 is 1.00 bits per heavy atom. The van der Waals surface area contributed by atoms with Gasteiger partial charge < -0.3 is 19.8 Å². The third-order valence-electron chi connectivity index (χ3n) is 4.19. The minimum atomic E-state index is -0.394. The minimum Gasteiger partial charge on any atom is -0.495 e. The molecule has 0 aliphatic rings. The summed E-state index contributed by atoms with van der Waals surface area (Å²) in [7, 11) is 1.51. The number of ether oxygens (including phenoxy) is 1. The van der Waals surface area contributed by atoms with Gasteiger partial charge in [0.15, 0.2) is 5.76 Å². The molecule has 2 N–H and O–H groups in total. The van der Waals surface area contributed by atoms with Crippen molar-refractivity contribution in [1.29, 1.82) is 0 Å². The van der Waals surface area contributed by atoms with Gasteiger partial charge in [-0.3, -0.25) is 9.59 Å². The predicted molar refractivity (Wildman–Crippen MR) is 108 cm³/mol. The van der Waals surface area contributed by atoms with Crippen LogP contribution in [0, 0.1) is 0 Å². The Bertz CT molecular complexity index is 921. The van der Waals surface area contributed by atoms with Crippen molar-refractivity contribution in [3.05, 3.63) is 78.3 Å². The quantitative estimate of drug-likeness (QED) is 0.605. The Kier molecular flexibility index (Phi) is 6.46. The summed E-state index contributed by atoms with van der Waals surface area (Å²) in [6.45, 7) is 0. The SMILES string of the molecule is COc1ccc(NC(=O)CCCc2ccccc2)cc1NC(=O)c1ccco1. The van der Waals surface area contributed by atoms with Gasteiger partial charge in [0.2, 0.25) is 5.91 Å². The van der Waals surface area contributed by atoms with Crippen molar-refractivity contribution in [3.63, 3.8) is 0 Å². The monoisotopic (exact) mass is 378 g/mol. The smallest absolute Gasteiger partial charge is 0.291 e. The van der Waals surface area contributed by atoms with E-state index in [-0.39, 0.29) is 11.7 Å². The van der Waals surface area contributed by atoms with Gasteiger partial charge in [0.05, 0.1) is 19.1 Å². The van der Waals surface area contributed by atoms with Crippen LogP contribution in [0.3, 0.4) is 0 Å². The van der Waals surface area contributed by atoms with Crippen molar-refractivity contribution in [3.8, 4) is 5.75 Å². The van der Waals surface area contributed by atoms with Gasteiger partial charge in [-0.05, 0) is 48.7 Å². The summed E-state index contributed by atoms with van der Waals surface area (Å²) in [4.78, 5) is 24.4. The first-order chi connectivity index (χ1) is 13.7. The summed E-state index contributed by atoms with van der Waals surface area (Å²) in [5.74, 6) is 0.207. The van der Waals surface area contributed by atoms with E-state index >= 15 is 0 Å². The molecule has 0 bridgehead atoms. The molecule has 0 unspecified atom stereocenters. The molecular formula is C22H22N2O4. The zero-order valence-electron chi connectivity index (χ0n) is 15.6. The van der Waals surface area contributed by atoms with E-state index < -0.39 is 5.91 Å². The van der Waals surface area contributed by atoms with Crippen LogP contribution < -0.4 is 15.4 Å². The Hall–Kier alpha value is -3.54. The standard InChI is InChI=1S/C22H22N2O4/c1-27-19-13-12-17(15-18(19)24-22(26)20-10-6-14-28-20)23-21(25)11-5-9-16-7-3-2-4-8-16/h2-4,6-8,10,12-15H,5,9,11H2,1H3,(H,23,25)(H,24,26). The van der Waals surface area contributed by atoms with Crippen molar-refractivity contribution in [1.82, 2.24) is 0 Å². The summed E-state index contributed by atoms with van der Waals surface area (Å²) in [6, 6.07) is 18.4. The molecule has 1 aromatic heterocycles. The van der Waals surface area contributed by atoms with Crippen molar-refractivity contribution in [2.45, 2.75) is 19.3 Å². The lowest BCUT2D eigenvalue weighted by molar-refractivity contribution is -0.116. The molecule has 2 amide bonds. The third kappa shape index (κ3) is 5.23. The predicted octanol–water partition coefficient (Wildman–Crippen LogP) is 4.50. The second kappa shape index (κ2) is 9.41. The first kappa shape index (κ1) is 19.2. The second-order valence-electron chi connectivity index (χ2n) is 6.23. The number of anilines is 2. The highest BCUT2D eigenvalue weighted by molar-refractivity contribution is 6.03. The van der Waals surface area contributed by atoms with Crippen LogP contribution in [-0.2, 0) is 11.2 Å². The molecule has 0 aliphatic heterocycles. The fourth-order valence-electron chi connectivity index (χ4n) is 2.80. The number of hydrogen-bond acceptors (Lipinski definition) is 4. The molecule has 6 nitrogen and oxygen atoms in total. The van der Waals surface area contributed by atoms with Gasteiger partial charge in [-0.2, -0.15) is 0 Å². The number of carbonyl (C=O) groups excluding carboxylic acids is 2. The Balaban J connectivity index is 1.59. The topological polar surface area (TPSA) is 80.6 Å². The van der Waals surface area contributed by atoms with Crippen molar-refractivity contribution in [2.24, 2.45) is 0 Å². The fourth-order valence-corrected chi connectivity index (χ4v) is 2.80. The van der Waals surface area contributed by atoms with E-state index in [0.29, 0.717) is 23.5 Å². The molecule has 0 atom stereocenters. The van der Waals surface area contributed by atoms with E-state index in [2.05, 4.69) is 22.8 Å². The highest BCUT2D eigenvalue weighted by Gasteiger charge is 2.13. The molecule has 6 heteroatoms. The Morgan fingerprint density at radius 2 is 1.82 bits per heavy atom. The molecule has 0 saturated heterocycles. The first-order valence-electron chi connectivity index (χ1n) is 9.02. The van der Waals surface area contributed by atoms with Gasteiger partial charge in [0.1, 0.15) is 5.75 Å². The molecule has 0 spiro atoms. The second-order valence-corrected chi connectivity index (χ2v) is 6.23. The van der Waals surface area contributed by atoms with Crippen LogP contribution >= 0.6 is 0 Å². The van der Waals surface area contributed by atoms with E-state index in [0.717, 1.165) is 12.8 Å². The van der Waals surface area contributed by atoms with E-state index in [4.69, 9.17) is 9.15 Å². The Labute approximate surface area is 163 Å². The van der Waals surface area contributed by atoms with Gasteiger partial charge in [-0.1, -0.05) is 30.3 Å². The number of rotatable bonds is 8. The molecule has 0 radical (unpaired) electrons. The number of furan rings is 1. The lowest BCUT2D eigenvalue weighted by Gasteiger charge is -2.12. The Morgan fingerprint density at radius 3 is 2.54 bits per heavy atom. The number of methoxy groups -OCH3 is 1. The summed E-state index contributed by atoms with van der Waals surface area (Å²) < 4.78 is 10.4. The van der Waals surface area contributed by atoms with E-state index in [1.165, 1.54) is 18.9 Å². The van der Waals surface area contributed by atoms with Crippen molar-refractivity contribution >= 4 is 23.2 Å². The van der Waals surface area contributed by atoms with Crippen LogP contribution in [0.2, 0.25) is 0 Å². The average Bonchev–Trinajstić information content (AvgIpc) is 3.24. The van der Waals surface area contributed by atoms with Gasteiger partial charge >= 0.3 is 0 Å². The summed E-state index contributed by atoms with van der Waals surface area (Å²) in [5, 5.41) is 5.59. The minimum absolute atomic E-state index is 0.0793. The lowest BCUT2D eigenvalue weighted by Crippen LogP contribution is -2.14. The molecule has 28 heavy (non-hydrogen) atoms. The highest BCUT2D eigenvalue weighted by Crippen LogP contribution is 2.28. The van der Waals surface area contributed by atoms with Gasteiger partial charge in [0.25, 0.3) is 5.91 Å². The normalized spacial score (nSPS) is 10.3. The lowest BCUT2D eigenvalue weighted by atomic mass is 10.1. The maximum atomic E-state index is 12.2. The zero-order chi connectivity index (χ0) is 19.8. The van der Waals surface area contributed by atoms with Crippen molar-refractivity contribution in [2.75, 3.05) is 17.7 Å². The number of benzene rings is 2. The van der Waals surface area contributed by atoms with Gasteiger partial charge in [-0.25, -0.2) is 0 Å². The maximum Gasteiger partial charge on any atom is 0.291 e. The van der Waals surface area contributed by atoms with Crippen LogP contribution in [0.1, 0.15) is 29.0 Å². The molecule has 0 saturated carbocycles. The number of hydrogen-bond donors (Lipinski definition) is 2. The molecule has 3 aromatic rings. The van der Waals surface area contributed by atoms with Gasteiger partial charge in [0, 0.05) is 12.1 Å². The number of amides is 2. The van der Waals surface area contributed by atoms with Crippen LogP contribution in [0.25, 0.3) is 0 Å². The highest BCUT2D eigenvalue weighted by atomic mass is 16.5. The molecule has 1 heterocycles. The molecule has 144 valence electrons. The molecular weight excluding hydrogens is 356 g/mol. The summed E-state index contributed by atoms with van der Waals surface area (Å²) in [5.41, 5.74) is 2.24. The van der Waals surface area contributed by atoms with Gasteiger partial charge in [-0.15, -0.1) is 0 Å². The van der Waals surface area contributed by atoms with Crippen molar-refractivity contribution < 1.29 is 18.7 Å². The molecule has 0 aliphatic carbocycles. The van der Waals surface area contributed by atoms with Crippen LogP contribution in [-0.4, -0.2) is 18.9 Å². The number of carbonyl (C=O) groups is 2. The zero-order valence-corrected chi connectivity index (χ0v) is 15.6. The number of nitrogens with one attached hydrogen (secondary N) is 2. The maximum absolute atomic E-state index is 12.2. The van der Waals surface area contributed by atoms with E-state index in [1.807, 2.05) is 18.2 Å². The molecule has 3 rings (SSSR count). The largest absolute Gasteiger partial charge is 0.495 e. The average molecular weight is 378 g/mol. The van der Waals surface area contributed by atoms with Crippen LogP contribution in [0.15, 0.2) is 71.3 Å². The van der Waals surface area contributed by atoms with Crippen LogP contribution in [0.5, 0.6) is 5.75 Å².